The van der Waals surface area contributed by atoms with Crippen LogP contribution in [0, 0.1) is 5.82 Å². The van der Waals surface area contributed by atoms with Crippen molar-refractivity contribution >= 4 is 33.0 Å². The minimum absolute atomic E-state index is 0.119. The molecule has 7 rings (SSSR count). The molecule has 0 aliphatic carbocycles. The van der Waals surface area contributed by atoms with E-state index in [0.717, 1.165) is 87.3 Å². The molecule has 0 radical (unpaired) electrons. The van der Waals surface area contributed by atoms with Crippen molar-refractivity contribution in [1.82, 2.24) is 10.3 Å². The normalized spacial score (nSPS) is 14.2. The van der Waals surface area contributed by atoms with Gasteiger partial charge in [-0.05, 0) is 84.3 Å². The van der Waals surface area contributed by atoms with Gasteiger partial charge in [0.2, 0.25) is 5.91 Å². The van der Waals surface area contributed by atoms with E-state index in [0.29, 0.717) is 18.9 Å². The van der Waals surface area contributed by atoms with Crippen LogP contribution >= 0.6 is 11.3 Å². The maximum absolute atomic E-state index is 14.6. The number of methoxy groups -OCH3 is 1. The Morgan fingerprint density at radius 2 is 1.87 bits per heavy atom. The molecule has 228 valence electrons. The monoisotopic (exact) mass is 619 g/mol. The van der Waals surface area contributed by atoms with E-state index in [9.17, 15) is 9.18 Å². The number of benzene rings is 3. The Bertz CT molecular complexity index is 1930. The number of fused-ring (bicyclic) bond motifs is 3. The number of aryl methyl sites for hydroxylation is 1. The van der Waals surface area contributed by atoms with Gasteiger partial charge in [0.05, 0.1) is 18.0 Å². The number of hydrogen-bond acceptors (Lipinski definition) is 6. The number of thiophene rings is 1. The highest BCUT2D eigenvalue weighted by molar-refractivity contribution is 7.18. The predicted octanol–water partition coefficient (Wildman–Crippen LogP) is 7.57. The second-order valence-electron chi connectivity index (χ2n) is 11.4. The summed E-state index contributed by atoms with van der Waals surface area (Å²) in [6.45, 7) is 6.85. The highest BCUT2D eigenvalue weighted by atomic mass is 32.1. The molecule has 0 atom stereocenters. The van der Waals surface area contributed by atoms with Crippen molar-refractivity contribution < 1.29 is 18.7 Å². The number of ether oxygens (including phenoxy) is 2. The topological polar surface area (TPSA) is 63.7 Å². The van der Waals surface area contributed by atoms with Gasteiger partial charge in [0.1, 0.15) is 18.2 Å². The Morgan fingerprint density at radius 1 is 1.02 bits per heavy atom. The summed E-state index contributed by atoms with van der Waals surface area (Å²) in [4.78, 5) is 20.1. The van der Waals surface area contributed by atoms with Gasteiger partial charge >= 0.3 is 0 Å². The third-order valence-corrected chi connectivity index (χ3v) is 9.58. The number of rotatable bonds is 8. The largest absolute Gasteiger partial charge is 0.490 e. The lowest BCUT2D eigenvalue weighted by molar-refractivity contribution is -0.114. The molecule has 0 fully saturated rings. The van der Waals surface area contributed by atoms with Crippen molar-refractivity contribution in [3.8, 4) is 39.4 Å². The molecular weight excluding hydrogens is 585 g/mol. The lowest BCUT2D eigenvalue weighted by Gasteiger charge is -2.29. The van der Waals surface area contributed by atoms with Crippen LogP contribution in [0.15, 0.2) is 78.7 Å². The summed E-state index contributed by atoms with van der Waals surface area (Å²) >= 11 is 1.63. The van der Waals surface area contributed by atoms with Crippen LogP contribution in [0.1, 0.15) is 23.1 Å². The van der Waals surface area contributed by atoms with Crippen LogP contribution in [-0.4, -0.2) is 44.3 Å². The van der Waals surface area contributed by atoms with E-state index in [1.807, 2.05) is 0 Å². The Kier molecular flexibility index (Phi) is 8.19. The van der Waals surface area contributed by atoms with E-state index in [1.54, 1.807) is 29.4 Å². The van der Waals surface area contributed by atoms with Crippen LogP contribution in [-0.2, 0) is 28.9 Å². The molecule has 8 heteroatoms. The summed E-state index contributed by atoms with van der Waals surface area (Å²) in [5, 5.41) is 6.57. The van der Waals surface area contributed by atoms with Gasteiger partial charge in [-0.1, -0.05) is 30.8 Å². The maximum atomic E-state index is 14.6. The zero-order valence-electron chi connectivity index (χ0n) is 25.2. The van der Waals surface area contributed by atoms with Crippen molar-refractivity contribution in [2.45, 2.75) is 25.8 Å². The number of anilines is 1. The van der Waals surface area contributed by atoms with Crippen LogP contribution in [0.4, 0.5) is 10.1 Å². The van der Waals surface area contributed by atoms with Crippen LogP contribution in [0.2, 0.25) is 0 Å². The predicted molar refractivity (Wildman–Crippen MR) is 180 cm³/mol. The summed E-state index contributed by atoms with van der Waals surface area (Å²) in [6, 6.07) is 19.7. The lowest BCUT2D eigenvalue weighted by Crippen LogP contribution is -2.34. The first-order valence-electron chi connectivity index (χ1n) is 15.3. The number of hydrogen-bond donors (Lipinski definition) is 1. The smallest absolute Gasteiger partial charge is 0.250 e. The van der Waals surface area contributed by atoms with Crippen molar-refractivity contribution in [1.29, 1.82) is 0 Å². The highest BCUT2D eigenvalue weighted by Gasteiger charge is 2.26. The van der Waals surface area contributed by atoms with Gasteiger partial charge in [-0.3, -0.25) is 4.79 Å². The maximum Gasteiger partial charge on any atom is 0.250 e. The fourth-order valence-electron chi connectivity index (χ4n) is 6.45. The van der Waals surface area contributed by atoms with Crippen LogP contribution < -0.4 is 15.0 Å². The Labute approximate surface area is 266 Å². The standard InChI is InChI=1S/C37H34FN3O3S/c1-3-33(42)41-15-4-5-23-6-7-26(20-31(23)41)36-34(29-11-10-28(38)21-32(29)44-17-16-43-2)37-30(13-18-45-37)35(40-36)25-8-9-27-22-39-14-12-24(27)19-25/h3,6-11,13,18-21,39H,1,4-5,12,14-17,22H2,2H3. The van der Waals surface area contributed by atoms with Gasteiger partial charge < -0.3 is 19.7 Å². The number of carbonyl (C=O) groups is 1. The average Bonchev–Trinajstić information content (AvgIpc) is 3.57. The Morgan fingerprint density at radius 3 is 2.71 bits per heavy atom. The van der Waals surface area contributed by atoms with Gasteiger partial charge in [-0.2, -0.15) is 0 Å². The van der Waals surface area contributed by atoms with Crippen LogP contribution in [0.25, 0.3) is 43.7 Å². The molecule has 2 aliphatic heterocycles. The van der Waals surface area contributed by atoms with Crippen molar-refractivity contribution in [3.05, 3.63) is 101 Å². The van der Waals surface area contributed by atoms with Crippen molar-refractivity contribution in [2.24, 2.45) is 0 Å². The molecule has 4 heterocycles. The SMILES string of the molecule is C=CC(=O)N1CCCc2ccc(-c3nc(-c4ccc5c(c4)CCNC5)c4ccsc4c3-c3ccc(F)cc3OCCOC)cc21. The minimum atomic E-state index is -0.379. The van der Waals surface area contributed by atoms with Crippen molar-refractivity contribution in [3.63, 3.8) is 0 Å². The van der Waals surface area contributed by atoms with Gasteiger partial charge in [0.15, 0.2) is 0 Å². The molecule has 0 saturated carbocycles. The molecule has 0 spiro atoms. The van der Waals surface area contributed by atoms with Gasteiger partial charge in [-0.25, -0.2) is 9.37 Å². The second-order valence-corrected chi connectivity index (χ2v) is 12.3. The number of pyridine rings is 1. The fourth-order valence-corrected chi connectivity index (χ4v) is 7.40. The number of carbonyl (C=O) groups excluding carboxylic acids is 1. The molecule has 1 amide bonds. The quantitative estimate of drug-likeness (QED) is 0.143. The van der Waals surface area contributed by atoms with Gasteiger partial charge in [-0.15, -0.1) is 11.3 Å². The summed E-state index contributed by atoms with van der Waals surface area (Å²) in [5.74, 6) is -0.0672. The van der Waals surface area contributed by atoms with E-state index in [1.165, 1.54) is 29.3 Å². The first-order valence-corrected chi connectivity index (χ1v) is 16.2. The number of aromatic nitrogens is 1. The molecule has 0 saturated heterocycles. The lowest BCUT2D eigenvalue weighted by atomic mass is 9.92. The summed E-state index contributed by atoms with van der Waals surface area (Å²) in [6.07, 6.45) is 4.13. The first-order chi connectivity index (χ1) is 22.1. The molecule has 2 aliphatic rings. The van der Waals surface area contributed by atoms with Crippen LogP contribution in [0.3, 0.4) is 0 Å². The molecule has 3 aromatic carbocycles. The van der Waals surface area contributed by atoms with E-state index in [-0.39, 0.29) is 18.3 Å². The zero-order chi connectivity index (χ0) is 30.9. The van der Waals surface area contributed by atoms with Crippen molar-refractivity contribution in [2.75, 3.05) is 38.3 Å². The molecule has 0 bridgehead atoms. The molecule has 45 heavy (non-hydrogen) atoms. The highest BCUT2D eigenvalue weighted by Crippen LogP contribution is 2.47. The zero-order valence-corrected chi connectivity index (χ0v) is 26.0. The second kappa shape index (κ2) is 12.6. The molecule has 6 nitrogen and oxygen atoms in total. The van der Waals surface area contributed by atoms with E-state index < -0.39 is 0 Å². The van der Waals surface area contributed by atoms with E-state index in [2.05, 4.69) is 59.7 Å². The number of halogens is 1. The van der Waals surface area contributed by atoms with Gasteiger partial charge in [0, 0.05) is 64.3 Å². The van der Waals surface area contributed by atoms with E-state index in [4.69, 9.17) is 14.5 Å². The summed E-state index contributed by atoms with van der Waals surface area (Å²) in [5.41, 5.74) is 9.85. The number of nitrogens with zero attached hydrogens (tertiary/aromatic N) is 2. The molecule has 1 N–H and O–H groups in total. The van der Waals surface area contributed by atoms with Gasteiger partial charge in [0.25, 0.3) is 0 Å². The summed E-state index contributed by atoms with van der Waals surface area (Å²) in [7, 11) is 1.61. The summed E-state index contributed by atoms with van der Waals surface area (Å²) < 4.78 is 27.0. The Hall–Kier alpha value is -4.37. The Balaban J connectivity index is 1.49. The molecular formula is C37H34FN3O3S. The molecule has 5 aromatic rings. The molecule has 0 unspecified atom stereocenters. The van der Waals surface area contributed by atoms with E-state index >= 15 is 0 Å². The number of amides is 1. The first kappa shape index (κ1) is 29.3. The number of nitrogens with one attached hydrogen (secondary N) is 1. The fraction of sp³-hybridized carbons (Fsp3) is 0.243. The third-order valence-electron chi connectivity index (χ3n) is 8.65. The minimum Gasteiger partial charge on any atom is -0.490 e. The molecule has 2 aromatic heterocycles. The third kappa shape index (κ3) is 5.54. The average molecular weight is 620 g/mol. The van der Waals surface area contributed by atoms with Crippen LogP contribution in [0.5, 0.6) is 5.75 Å².